The van der Waals surface area contributed by atoms with Gasteiger partial charge in [0.1, 0.15) is 18.7 Å². The molecule has 0 aliphatic rings. The maximum atomic E-state index is 13.5. The van der Waals surface area contributed by atoms with Crippen molar-refractivity contribution in [3.8, 4) is 0 Å². The zero-order valence-corrected chi connectivity index (χ0v) is 22.8. The Morgan fingerprint density at radius 3 is 2.00 bits per heavy atom. The van der Waals surface area contributed by atoms with Crippen LogP contribution in [0.2, 0.25) is 0 Å². The molecule has 3 aromatic carbocycles. The number of carbonyl (C=O) groups excluding carboxylic acids is 3. The Bertz CT molecular complexity index is 1370. The molecule has 2 amide bonds. The smallest absolute Gasteiger partial charge is 0.408 e. The summed E-state index contributed by atoms with van der Waals surface area (Å²) in [6, 6.07) is 19.8. The maximum absolute atomic E-state index is 13.5. The summed E-state index contributed by atoms with van der Waals surface area (Å²) in [6.45, 7) is 1.59. The lowest BCUT2D eigenvalue weighted by Gasteiger charge is -2.27. The van der Waals surface area contributed by atoms with Crippen molar-refractivity contribution in [2.45, 2.75) is 44.4 Å². The summed E-state index contributed by atoms with van der Waals surface area (Å²) in [5, 5.41) is 26.2. The zero-order chi connectivity index (χ0) is 30.5. The molecule has 0 heterocycles. The number of amides is 2. The van der Waals surface area contributed by atoms with E-state index in [0.29, 0.717) is 5.56 Å². The lowest BCUT2D eigenvalue weighted by molar-refractivity contribution is -0.384. The Balaban J connectivity index is 1.85. The molecule has 3 atom stereocenters. The van der Waals surface area contributed by atoms with Gasteiger partial charge in [0.25, 0.3) is 5.69 Å². The average Bonchev–Trinajstić information content (AvgIpc) is 2.98. The Labute approximate surface area is 241 Å². The minimum atomic E-state index is -1.65. The molecule has 0 aromatic heterocycles. The number of alkyl carbamates (subject to hydrolysis) is 1. The zero-order valence-electron chi connectivity index (χ0n) is 22.8. The van der Waals surface area contributed by atoms with Crippen LogP contribution < -0.4 is 10.6 Å². The second-order valence-corrected chi connectivity index (χ2v) is 9.24. The highest BCUT2D eigenvalue weighted by Crippen LogP contribution is 2.27. The van der Waals surface area contributed by atoms with E-state index in [2.05, 4.69) is 10.6 Å². The molecule has 0 unspecified atom stereocenters. The van der Waals surface area contributed by atoms with Gasteiger partial charge in [0.2, 0.25) is 5.91 Å². The summed E-state index contributed by atoms with van der Waals surface area (Å²) in [4.78, 5) is 61.5. The number of nitro groups is 1. The van der Waals surface area contributed by atoms with Crippen LogP contribution in [0.3, 0.4) is 0 Å². The van der Waals surface area contributed by atoms with Gasteiger partial charge in [-0.25, -0.2) is 9.59 Å². The first-order valence-electron chi connectivity index (χ1n) is 13.1. The number of nitro benzene ring substituents is 1. The van der Waals surface area contributed by atoms with Gasteiger partial charge in [-0.1, -0.05) is 72.8 Å². The van der Waals surface area contributed by atoms with Crippen LogP contribution in [0.25, 0.3) is 0 Å². The lowest BCUT2D eigenvalue weighted by Crippen LogP contribution is -2.54. The van der Waals surface area contributed by atoms with Gasteiger partial charge in [-0.15, -0.1) is 0 Å². The molecule has 220 valence electrons. The summed E-state index contributed by atoms with van der Waals surface area (Å²) < 4.78 is 10.3. The summed E-state index contributed by atoms with van der Waals surface area (Å²) in [5.41, 5.74) is 1.45. The fraction of sp³-hybridized carbons (Fsp3) is 0.267. The monoisotopic (exact) mass is 577 g/mol. The lowest BCUT2D eigenvalue weighted by atomic mass is 9.88. The molecule has 3 rings (SSSR count). The van der Waals surface area contributed by atoms with Crippen molar-refractivity contribution in [1.82, 2.24) is 10.6 Å². The number of hydrogen-bond acceptors (Lipinski definition) is 8. The van der Waals surface area contributed by atoms with E-state index in [-0.39, 0.29) is 30.9 Å². The quantitative estimate of drug-likeness (QED) is 0.146. The molecule has 3 aromatic rings. The van der Waals surface area contributed by atoms with Crippen LogP contribution in [-0.4, -0.2) is 52.7 Å². The Morgan fingerprint density at radius 1 is 0.857 bits per heavy atom. The molecule has 0 aliphatic carbocycles. The fourth-order valence-corrected chi connectivity index (χ4v) is 4.23. The minimum absolute atomic E-state index is 0.0134. The summed E-state index contributed by atoms with van der Waals surface area (Å²) in [7, 11) is 0. The van der Waals surface area contributed by atoms with E-state index in [1.54, 1.807) is 61.5 Å². The first-order valence-corrected chi connectivity index (χ1v) is 13.1. The van der Waals surface area contributed by atoms with Gasteiger partial charge in [0.05, 0.1) is 18.0 Å². The highest BCUT2D eigenvalue weighted by molar-refractivity contribution is 5.90. The first-order chi connectivity index (χ1) is 20.2. The average molecular weight is 578 g/mol. The van der Waals surface area contributed by atoms with Gasteiger partial charge < -0.3 is 25.2 Å². The van der Waals surface area contributed by atoms with Crippen LogP contribution in [0.1, 0.15) is 36.0 Å². The highest BCUT2D eigenvalue weighted by Gasteiger charge is 2.35. The van der Waals surface area contributed by atoms with Gasteiger partial charge in [0.15, 0.2) is 0 Å². The molecule has 12 nitrogen and oxygen atoms in total. The molecule has 0 fully saturated rings. The van der Waals surface area contributed by atoms with Gasteiger partial charge in [-0.05, 0) is 23.6 Å². The second-order valence-electron chi connectivity index (χ2n) is 9.24. The van der Waals surface area contributed by atoms with Crippen LogP contribution in [0.15, 0.2) is 84.9 Å². The molecule has 42 heavy (non-hydrogen) atoms. The topological polar surface area (TPSA) is 174 Å². The van der Waals surface area contributed by atoms with E-state index in [1.165, 1.54) is 24.3 Å². The van der Waals surface area contributed by atoms with Crippen LogP contribution in [0.5, 0.6) is 0 Å². The predicted molar refractivity (Wildman–Crippen MR) is 150 cm³/mol. The third-order valence-electron chi connectivity index (χ3n) is 6.29. The molecular formula is C30H31N3O9. The van der Waals surface area contributed by atoms with Gasteiger partial charge in [-0.2, -0.15) is 0 Å². The van der Waals surface area contributed by atoms with Crippen LogP contribution in [-0.2, 0) is 36.9 Å². The van der Waals surface area contributed by atoms with Crippen LogP contribution in [0.4, 0.5) is 10.5 Å². The number of non-ortho nitro benzene ring substituents is 1. The predicted octanol–water partition coefficient (Wildman–Crippen LogP) is 3.74. The molecule has 3 N–H and O–H groups in total. The van der Waals surface area contributed by atoms with Crippen molar-refractivity contribution in [3.05, 3.63) is 112 Å². The molecule has 0 spiro atoms. The molecule has 0 bridgehead atoms. The Hall–Kier alpha value is -5.26. The van der Waals surface area contributed by atoms with Crippen molar-refractivity contribution in [3.63, 3.8) is 0 Å². The molecule has 0 saturated carbocycles. The van der Waals surface area contributed by atoms with Crippen LogP contribution >= 0.6 is 0 Å². The third-order valence-corrected chi connectivity index (χ3v) is 6.29. The van der Waals surface area contributed by atoms with Crippen LogP contribution in [0, 0.1) is 10.1 Å². The number of carboxylic acids is 1. The van der Waals surface area contributed by atoms with E-state index in [9.17, 15) is 34.4 Å². The Morgan fingerprint density at radius 2 is 1.45 bits per heavy atom. The number of ether oxygens (including phenoxy) is 2. The SMILES string of the molecule is CCOC(=O)C[C@H](c1ccc([N+](=O)[O-])cc1)[C@@H](NC(=O)[C@@H](Cc1ccccc1)NC(=O)OCc1ccccc1)C(=O)O. The van der Waals surface area contributed by atoms with E-state index in [4.69, 9.17) is 9.47 Å². The molecular weight excluding hydrogens is 546 g/mol. The van der Waals surface area contributed by atoms with Gasteiger partial charge in [0, 0.05) is 24.5 Å². The number of esters is 1. The number of benzene rings is 3. The van der Waals surface area contributed by atoms with E-state index < -0.39 is 53.3 Å². The first kappa shape index (κ1) is 31.3. The summed E-state index contributed by atoms with van der Waals surface area (Å²) in [5.74, 6) is -4.15. The van der Waals surface area contributed by atoms with Crippen molar-refractivity contribution in [1.29, 1.82) is 0 Å². The standard InChI is InChI=1S/C30H31N3O9/c1-2-41-26(34)18-24(22-13-15-23(16-14-22)33(39)40)27(29(36)37)32-28(35)25(17-20-9-5-3-6-10-20)31-30(38)42-19-21-11-7-4-8-12-21/h3-16,24-25,27H,2,17-19H2,1H3,(H,31,38)(H,32,35)(H,36,37)/t24-,25-,27-/m1/s1. The second kappa shape index (κ2) is 15.5. The highest BCUT2D eigenvalue weighted by atomic mass is 16.6. The largest absolute Gasteiger partial charge is 0.480 e. The number of nitrogens with zero attached hydrogens (tertiary/aromatic N) is 1. The number of aliphatic carboxylic acids is 1. The number of rotatable bonds is 14. The van der Waals surface area contributed by atoms with Gasteiger partial charge in [-0.3, -0.25) is 19.7 Å². The third kappa shape index (κ3) is 9.44. The summed E-state index contributed by atoms with van der Waals surface area (Å²) in [6.07, 6.45) is -1.31. The van der Waals surface area contributed by atoms with Crippen molar-refractivity contribution in [2.75, 3.05) is 6.61 Å². The minimum Gasteiger partial charge on any atom is -0.480 e. The van der Waals surface area contributed by atoms with E-state index in [0.717, 1.165) is 5.56 Å². The van der Waals surface area contributed by atoms with E-state index >= 15 is 0 Å². The number of nitrogens with one attached hydrogen (secondary N) is 2. The summed E-state index contributed by atoms with van der Waals surface area (Å²) >= 11 is 0. The Kier molecular flexibility index (Phi) is 11.5. The molecule has 0 aliphatic heterocycles. The van der Waals surface area contributed by atoms with Crippen molar-refractivity contribution < 1.29 is 38.7 Å². The van der Waals surface area contributed by atoms with Crippen molar-refractivity contribution in [2.24, 2.45) is 0 Å². The number of carbonyl (C=O) groups is 4. The number of carboxylic acid groups (broad SMARTS) is 1. The van der Waals surface area contributed by atoms with Crippen molar-refractivity contribution >= 4 is 29.6 Å². The number of hydrogen-bond donors (Lipinski definition) is 3. The van der Waals surface area contributed by atoms with Gasteiger partial charge >= 0.3 is 18.0 Å². The maximum Gasteiger partial charge on any atom is 0.408 e. The normalized spacial score (nSPS) is 12.7. The van der Waals surface area contributed by atoms with E-state index in [1.807, 2.05) is 6.07 Å². The molecule has 12 heteroatoms. The fourth-order valence-electron chi connectivity index (χ4n) is 4.23. The molecule has 0 saturated heterocycles. The molecule has 0 radical (unpaired) electrons.